The molecule has 0 spiro atoms. The van der Waals surface area contributed by atoms with Crippen LogP contribution in [0.3, 0.4) is 0 Å². The Morgan fingerprint density at radius 3 is 2.46 bits per heavy atom. The van der Waals surface area contributed by atoms with E-state index < -0.39 is 0 Å². The van der Waals surface area contributed by atoms with Crippen LogP contribution in [-0.2, 0) is 6.61 Å². The summed E-state index contributed by atoms with van der Waals surface area (Å²) >= 11 is 4.00. The summed E-state index contributed by atoms with van der Waals surface area (Å²) < 4.78 is 12.7. The minimum Gasteiger partial charge on any atom is -0.493 e. The molecule has 0 aromatic heterocycles. The molecule has 6 heteroatoms. The number of halogens is 1. The fraction of sp³-hybridized carbons (Fsp3) is 0.136. The van der Waals surface area contributed by atoms with Crippen LogP contribution in [0.2, 0.25) is 0 Å². The van der Waals surface area contributed by atoms with Gasteiger partial charge in [-0.25, -0.2) is 0 Å². The lowest BCUT2D eigenvalue weighted by atomic mass is 10.2. The smallest absolute Gasteiger partial charge is 0.174 e. The van der Waals surface area contributed by atoms with Crippen LogP contribution in [0.15, 0.2) is 77.9 Å². The van der Waals surface area contributed by atoms with Gasteiger partial charge in [-0.05, 0) is 45.9 Å². The molecule has 142 valence electrons. The number of nitrogens with one attached hydrogen (secondary N) is 1. The lowest BCUT2D eigenvalue weighted by molar-refractivity contribution is 0.282. The van der Waals surface area contributed by atoms with E-state index in [-0.39, 0.29) is 5.37 Å². The van der Waals surface area contributed by atoms with Gasteiger partial charge < -0.3 is 9.47 Å². The zero-order chi connectivity index (χ0) is 19.3. The molecule has 0 radical (unpaired) electrons. The van der Waals surface area contributed by atoms with Gasteiger partial charge in [0.2, 0.25) is 0 Å². The topological polar surface area (TPSA) is 42.8 Å². The summed E-state index contributed by atoms with van der Waals surface area (Å²) in [6, 6.07) is 24.5. The van der Waals surface area contributed by atoms with E-state index in [1.54, 1.807) is 18.9 Å². The normalized spacial score (nSPS) is 15.6. The Morgan fingerprint density at radius 1 is 1.04 bits per heavy atom. The van der Waals surface area contributed by atoms with E-state index in [0.717, 1.165) is 36.8 Å². The van der Waals surface area contributed by atoms with Crippen LogP contribution in [0.5, 0.6) is 11.5 Å². The standard InChI is InChI=1S/C22H19IN2O2S/c1-26-19-13-17(22-25-24-21(28-22)16-10-6-3-7-11-16)12-18(23)20(19)27-14-15-8-4-2-5-9-15/h2-13,22,25H,14H2,1H3/t22-/m0/s1. The van der Waals surface area contributed by atoms with Gasteiger partial charge in [0.1, 0.15) is 17.0 Å². The number of ether oxygens (including phenoxy) is 2. The number of rotatable bonds is 6. The van der Waals surface area contributed by atoms with Crippen LogP contribution >= 0.6 is 34.4 Å². The average molecular weight is 502 g/mol. The summed E-state index contributed by atoms with van der Waals surface area (Å²) in [5.41, 5.74) is 6.57. The Labute approximate surface area is 182 Å². The van der Waals surface area contributed by atoms with E-state index in [0.29, 0.717) is 6.61 Å². The monoisotopic (exact) mass is 502 g/mol. The Kier molecular flexibility index (Phi) is 6.07. The Morgan fingerprint density at radius 2 is 1.75 bits per heavy atom. The molecule has 0 saturated heterocycles. The van der Waals surface area contributed by atoms with Gasteiger partial charge in [0.25, 0.3) is 0 Å². The van der Waals surface area contributed by atoms with Gasteiger partial charge >= 0.3 is 0 Å². The predicted molar refractivity (Wildman–Crippen MR) is 123 cm³/mol. The second kappa shape index (κ2) is 8.87. The van der Waals surface area contributed by atoms with Crippen molar-refractivity contribution in [1.29, 1.82) is 0 Å². The van der Waals surface area contributed by atoms with Crippen LogP contribution in [0, 0.1) is 3.57 Å². The molecule has 4 nitrogen and oxygen atoms in total. The minimum atomic E-state index is 0.0424. The fourth-order valence-corrected chi connectivity index (χ4v) is 4.66. The summed E-state index contributed by atoms with van der Waals surface area (Å²) in [5.74, 6) is 1.50. The molecule has 1 heterocycles. The van der Waals surface area contributed by atoms with Crippen molar-refractivity contribution in [3.63, 3.8) is 0 Å². The number of methoxy groups -OCH3 is 1. The summed E-state index contributed by atoms with van der Waals surface area (Å²) in [5, 5.41) is 5.53. The molecule has 1 aliphatic heterocycles. The first-order valence-corrected chi connectivity index (χ1v) is 10.8. The van der Waals surface area contributed by atoms with E-state index in [9.17, 15) is 0 Å². The Bertz CT molecular complexity index is 981. The number of hydrogen-bond acceptors (Lipinski definition) is 5. The molecule has 28 heavy (non-hydrogen) atoms. The van der Waals surface area contributed by atoms with E-state index >= 15 is 0 Å². The molecule has 0 saturated carbocycles. The number of nitrogens with zero attached hydrogens (tertiary/aromatic N) is 1. The highest BCUT2D eigenvalue weighted by Gasteiger charge is 2.24. The van der Waals surface area contributed by atoms with Gasteiger partial charge in [-0.3, -0.25) is 5.43 Å². The summed E-state index contributed by atoms with van der Waals surface area (Å²) in [7, 11) is 1.67. The molecule has 1 aliphatic rings. The van der Waals surface area contributed by atoms with Crippen LogP contribution in [-0.4, -0.2) is 12.2 Å². The van der Waals surface area contributed by atoms with E-state index in [4.69, 9.17) is 9.47 Å². The van der Waals surface area contributed by atoms with E-state index in [1.165, 1.54) is 0 Å². The molecule has 0 fully saturated rings. The zero-order valence-electron chi connectivity index (χ0n) is 15.3. The van der Waals surface area contributed by atoms with Gasteiger partial charge in [-0.2, -0.15) is 5.10 Å². The molecule has 3 aromatic carbocycles. The van der Waals surface area contributed by atoms with Gasteiger partial charge in [0, 0.05) is 5.56 Å². The van der Waals surface area contributed by atoms with Crippen LogP contribution in [0.1, 0.15) is 22.1 Å². The van der Waals surface area contributed by atoms with Crippen LogP contribution in [0.25, 0.3) is 0 Å². The van der Waals surface area contributed by atoms with Crippen LogP contribution < -0.4 is 14.9 Å². The maximum Gasteiger partial charge on any atom is 0.174 e. The summed E-state index contributed by atoms with van der Waals surface area (Å²) in [4.78, 5) is 0. The third-order valence-electron chi connectivity index (χ3n) is 4.31. The molecular formula is C22H19IN2O2S. The lowest BCUT2D eigenvalue weighted by Gasteiger charge is -2.17. The number of thioether (sulfide) groups is 1. The third kappa shape index (κ3) is 4.28. The van der Waals surface area contributed by atoms with Crippen molar-refractivity contribution in [1.82, 2.24) is 5.43 Å². The molecule has 0 bridgehead atoms. The van der Waals surface area contributed by atoms with Crippen molar-refractivity contribution < 1.29 is 9.47 Å². The SMILES string of the molecule is COc1cc([C@H]2NN=C(c3ccccc3)S2)cc(I)c1OCc1ccccc1. The fourth-order valence-electron chi connectivity index (χ4n) is 2.90. The molecule has 1 atom stereocenters. The van der Waals surface area contributed by atoms with Crippen molar-refractivity contribution in [3.8, 4) is 11.5 Å². The highest BCUT2D eigenvalue weighted by atomic mass is 127. The lowest BCUT2D eigenvalue weighted by Crippen LogP contribution is -2.08. The minimum absolute atomic E-state index is 0.0424. The maximum atomic E-state index is 6.06. The molecule has 0 unspecified atom stereocenters. The quantitative estimate of drug-likeness (QED) is 0.448. The molecule has 1 N–H and O–H groups in total. The second-order valence-electron chi connectivity index (χ2n) is 6.22. The first kappa shape index (κ1) is 19.1. The molecule has 0 aliphatic carbocycles. The first-order chi connectivity index (χ1) is 13.7. The van der Waals surface area contributed by atoms with Gasteiger partial charge in [0.15, 0.2) is 11.5 Å². The van der Waals surface area contributed by atoms with Gasteiger partial charge in [0.05, 0.1) is 10.7 Å². The Hall–Kier alpha value is -2.19. The largest absolute Gasteiger partial charge is 0.493 e. The average Bonchev–Trinajstić information content (AvgIpc) is 3.24. The maximum absolute atomic E-state index is 6.06. The van der Waals surface area contributed by atoms with Crippen LogP contribution in [0.4, 0.5) is 0 Å². The van der Waals surface area contributed by atoms with Crippen molar-refractivity contribution in [2.75, 3.05) is 7.11 Å². The highest BCUT2D eigenvalue weighted by molar-refractivity contribution is 14.1. The zero-order valence-corrected chi connectivity index (χ0v) is 18.2. The third-order valence-corrected chi connectivity index (χ3v) is 6.28. The highest BCUT2D eigenvalue weighted by Crippen LogP contribution is 2.41. The second-order valence-corrected chi connectivity index (χ2v) is 8.47. The summed E-state index contributed by atoms with van der Waals surface area (Å²) in [6.45, 7) is 0.504. The van der Waals surface area contributed by atoms with Crippen molar-refractivity contribution >= 4 is 39.4 Å². The molecular weight excluding hydrogens is 483 g/mol. The number of benzene rings is 3. The summed E-state index contributed by atoms with van der Waals surface area (Å²) in [6.07, 6.45) is 0. The van der Waals surface area contributed by atoms with E-state index in [2.05, 4.69) is 63.4 Å². The number of hydrogen-bond donors (Lipinski definition) is 1. The predicted octanol–water partition coefficient (Wildman–Crippen LogP) is 5.58. The molecule has 3 aromatic rings. The van der Waals surface area contributed by atoms with Crippen molar-refractivity contribution in [2.45, 2.75) is 12.0 Å². The van der Waals surface area contributed by atoms with Crippen molar-refractivity contribution in [2.24, 2.45) is 5.10 Å². The van der Waals surface area contributed by atoms with Gasteiger partial charge in [-0.1, -0.05) is 72.4 Å². The molecule has 4 rings (SSSR count). The Balaban J connectivity index is 1.51. The molecule has 0 amide bonds. The van der Waals surface area contributed by atoms with E-state index in [1.807, 2.05) is 42.5 Å². The first-order valence-electron chi connectivity index (χ1n) is 8.84. The van der Waals surface area contributed by atoms with Crippen molar-refractivity contribution in [3.05, 3.63) is 93.1 Å². The number of hydrazone groups is 1. The van der Waals surface area contributed by atoms with Gasteiger partial charge in [-0.15, -0.1) is 0 Å².